The van der Waals surface area contributed by atoms with Crippen molar-refractivity contribution < 1.29 is 24.6 Å². The Labute approximate surface area is 181 Å². The normalized spacial score (nSPS) is 14.9. The van der Waals surface area contributed by atoms with Gasteiger partial charge in [-0.15, -0.1) is 0 Å². The van der Waals surface area contributed by atoms with Crippen molar-refractivity contribution >= 4 is 29.2 Å². The Morgan fingerprint density at radius 1 is 0.903 bits per heavy atom. The molecule has 0 unspecified atom stereocenters. The van der Waals surface area contributed by atoms with E-state index in [-0.39, 0.29) is 44.1 Å². The van der Waals surface area contributed by atoms with Gasteiger partial charge < -0.3 is 20.4 Å². The lowest BCUT2D eigenvalue weighted by atomic mass is 9.81. The number of anilines is 2. The number of β-lactam (4-membered cyclic amide) rings is 2. The first-order chi connectivity index (χ1) is 14.8. The number of carbonyl (C=O) groups is 3. The van der Waals surface area contributed by atoms with E-state index in [2.05, 4.69) is 5.32 Å². The average Bonchev–Trinajstić information content (AvgIpc) is 2.76. The molecule has 3 rings (SSSR count). The summed E-state index contributed by atoms with van der Waals surface area (Å²) in [5, 5.41) is 20.8. The van der Waals surface area contributed by atoms with Gasteiger partial charge in [0.15, 0.2) is 0 Å². The monoisotopic (exact) mass is 425 g/mol. The molecule has 3 N–H and O–H groups in total. The summed E-state index contributed by atoms with van der Waals surface area (Å²) in [7, 11) is 0. The highest BCUT2D eigenvalue weighted by molar-refractivity contribution is 6.35. The predicted octanol–water partition coefficient (Wildman–Crippen LogP) is 2.00. The number of rotatable bonds is 8. The van der Waals surface area contributed by atoms with Gasteiger partial charge in [0.1, 0.15) is 5.41 Å². The molecule has 0 atom stereocenters. The van der Waals surface area contributed by atoms with Gasteiger partial charge in [-0.1, -0.05) is 24.3 Å². The summed E-state index contributed by atoms with van der Waals surface area (Å²) in [5.74, 6) is -0.390. The van der Waals surface area contributed by atoms with Gasteiger partial charge >= 0.3 is 6.03 Å². The number of benzene rings is 2. The van der Waals surface area contributed by atoms with Crippen LogP contribution in [0.3, 0.4) is 0 Å². The molecule has 1 fully saturated rings. The fourth-order valence-electron chi connectivity index (χ4n) is 3.39. The van der Waals surface area contributed by atoms with Gasteiger partial charge in [-0.25, -0.2) is 9.69 Å². The van der Waals surface area contributed by atoms with Crippen LogP contribution in [0, 0.1) is 5.41 Å². The van der Waals surface area contributed by atoms with E-state index in [0.717, 1.165) is 11.1 Å². The summed E-state index contributed by atoms with van der Waals surface area (Å²) in [6.45, 7) is 3.20. The highest BCUT2D eigenvalue weighted by Crippen LogP contribution is 2.36. The lowest BCUT2D eigenvalue weighted by molar-refractivity contribution is -0.149. The van der Waals surface area contributed by atoms with Crippen LogP contribution in [0.1, 0.15) is 25.0 Å². The SMILES string of the molecule is CC1(C)C(=O)N(c2ccc(Cc3ccc(NC(=O)N(CCO)CCO)cc3)cc2)C1=O. The number of urea groups is 1. The zero-order valence-corrected chi connectivity index (χ0v) is 17.7. The zero-order valence-electron chi connectivity index (χ0n) is 17.7. The highest BCUT2D eigenvalue weighted by Gasteiger charge is 2.54. The average molecular weight is 425 g/mol. The Balaban J connectivity index is 1.59. The molecule has 8 nitrogen and oxygen atoms in total. The molecule has 164 valence electrons. The second-order valence-corrected chi connectivity index (χ2v) is 7.98. The standard InChI is InChI=1S/C23H27N3O5/c1-23(2)20(29)26(21(23)30)19-9-5-17(6-10-19)15-16-3-7-18(8-4-16)24-22(31)25(11-13-27)12-14-28/h3-10,27-28H,11-15H2,1-2H3,(H,24,31). The van der Waals surface area contributed by atoms with Gasteiger partial charge in [0.05, 0.1) is 18.9 Å². The molecule has 1 saturated heterocycles. The number of carbonyl (C=O) groups excluding carboxylic acids is 3. The first-order valence-electron chi connectivity index (χ1n) is 10.1. The molecule has 2 aromatic rings. The molecular weight excluding hydrogens is 398 g/mol. The quantitative estimate of drug-likeness (QED) is 0.443. The summed E-state index contributed by atoms with van der Waals surface area (Å²) >= 11 is 0. The van der Waals surface area contributed by atoms with Gasteiger partial charge in [-0.2, -0.15) is 0 Å². The number of hydrogen-bond acceptors (Lipinski definition) is 5. The fourth-order valence-corrected chi connectivity index (χ4v) is 3.39. The van der Waals surface area contributed by atoms with Crippen LogP contribution < -0.4 is 10.2 Å². The molecule has 1 aliphatic heterocycles. The van der Waals surface area contributed by atoms with E-state index in [0.29, 0.717) is 17.8 Å². The number of aliphatic hydroxyl groups is 2. The van der Waals surface area contributed by atoms with E-state index >= 15 is 0 Å². The molecular formula is C23H27N3O5. The number of aliphatic hydroxyl groups excluding tert-OH is 2. The van der Waals surface area contributed by atoms with Crippen LogP contribution in [0.5, 0.6) is 0 Å². The minimum absolute atomic E-state index is 0.145. The zero-order chi connectivity index (χ0) is 22.6. The van der Waals surface area contributed by atoms with Gasteiger partial charge in [0, 0.05) is 18.8 Å². The van der Waals surface area contributed by atoms with E-state index in [1.807, 2.05) is 24.3 Å². The molecule has 0 radical (unpaired) electrons. The van der Waals surface area contributed by atoms with Crippen LogP contribution in [0.25, 0.3) is 0 Å². The maximum absolute atomic E-state index is 12.2. The topological polar surface area (TPSA) is 110 Å². The van der Waals surface area contributed by atoms with Crippen molar-refractivity contribution in [2.75, 3.05) is 36.5 Å². The molecule has 2 aromatic carbocycles. The highest BCUT2D eigenvalue weighted by atomic mass is 16.3. The minimum Gasteiger partial charge on any atom is -0.395 e. The van der Waals surface area contributed by atoms with Gasteiger partial charge in [0.2, 0.25) is 11.8 Å². The number of nitrogens with one attached hydrogen (secondary N) is 1. The van der Waals surface area contributed by atoms with Crippen LogP contribution >= 0.6 is 0 Å². The molecule has 0 bridgehead atoms. The van der Waals surface area contributed by atoms with Crippen molar-refractivity contribution in [3.8, 4) is 0 Å². The summed E-state index contributed by atoms with van der Waals surface area (Å²) in [6, 6.07) is 14.3. The Hall–Kier alpha value is -3.23. The maximum atomic E-state index is 12.2. The van der Waals surface area contributed by atoms with Gasteiger partial charge in [-0.05, 0) is 55.7 Å². The number of imide groups is 1. The minimum atomic E-state index is -0.941. The van der Waals surface area contributed by atoms with E-state index in [1.54, 1.807) is 38.1 Å². The number of amides is 4. The molecule has 0 aliphatic carbocycles. The molecule has 4 amide bonds. The molecule has 1 aliphatic rings. The Kier molecular flexibility index (Phi) is 6.72. The first-order valence-corrected chi connectivity index (χ1v) is 10.1. The van der Waals surface area contributed by atoms with E-state index < -0.39 is 5.41 Å². The lowest BCUT2D eigenvalue weighted by Crippen LogP contribution is -2.63. The first kappa shape index (κ1) is 22.5. The Morgan fingerprint density at radius 3 is 1.87 bits per heavy atom. The molecule has 0 aromatic heterocycles. The summed E-state index contributed by atoms with van der Waals surface area (Å²) < 4.78 is 0. The van der Waals surface area contributed by atoms with Crippen molar-refractivity contribution in [3.63, 3.8) is 0 Å². The third kappa shape index (κ3) is 4.76. The summed E-state index contributed by atoms with van der Waals surface area (Å²) in [6.07, 6.45) is 0.656. The third-order valence-corrected chi connectivity index (χ3v) is 5.31. The smallest absolute Gasteiger partial charge is 0.321 e. The van der Waals surface area contributed by atoms with Crippen LogP contribution in [0.2, 0.25) is 0 Å². The van der Waals surface area contributed by atoms with Crippen molar-refractivity contribution in [2.24, 2.45) is 5.41 Å². The Morgan fingerprint density at radius 2 is 1.39 bits per heavy atom. The second kappa shape index (κ2) is 9.28. The molecule has 1 heterocycles. The van der Waals surface area contributed by atoms with Crippen LogP contribution in [0.4, 0.5) is 16.2 Å². The lowest BCUT2D eigenvalue weighted by Gasteiger charge is -2.41. The summed E-state index contributed by atoms with van der Waals surface area (Å²) in [4.78, 5) is 39.0. The van der Waals surface area contributed by atoms with Crippen molar-refractivity contribution in [2.45, 2.75) is 20.3 Å². The van der Waals surface area contributed by atoms with E-state index in [1.165, 1.54) is 9.80 Å². The fraction of sp³-hybridized carbons (Fsp3) is 0.348. The maximum Gasteiger partial charge on any atom is 0.321 e. The van der Waals surface area contributed by atoms with E-state index in [4.69, 9.17) is 10.2 Å². The van der Waals surface area contributed by atoms with Crippen molar-refractivity contribution in [1.29, 1.82) is 0 Å². The third-order valence-electron chi connectivity index (χ3n) is 5.31. The number of hydrogen-bond donors (Lipinski definition) is 3. The number of nitrogens with zero attached hydrogens (tertiary/aromatic N) is 2. The molecule has 0 spiro atoms. The molecule has 0 saturated carbocycles. The van der Waals surface area contributed by atoms with Gasteiger partial charge in [0.25, 0.3) is 0 Å². The molecule has 8 heteroatoms. The Bertz CT molecular complexity index is 930. The van der Waals surface area contributed by atoms with Crippen LogP contribution in [-0.2, 0) is 16.0 Å². The van der Waals surface area contributed by atoms with Crippen LogP contribution in [0.15, 0.2) is 48.5 Å². The van der Waals surface area contributed by atoms with Gasteiger partial charge in [-0.3, -0.25) is 9.59 Å². The summed E-state index contributed by atoms with van der Waals surface area (Å²) in [5.41, 5.74) is 2.31. The second-order valence-electron chi connectivity index (χ2n) is 7.98. The van der Waals surface area contributed by atoms with E-state index in [9.17, 15) is 14.4 Å². The van der Waals surface area contributed by atoms with Crippen molar-refractivity contribution in [1.82, 2.24) is 4.90 Å². The molecule has 31 heavy (non-hydrogen) atoms. The largest absolute Gasteiger partial charge is 0.395 e. The van der Waals surface area contributed by atoms with Crippen LogP contribution in [-0.4, -0.2) is 59.3 Å². The predicted molar refractivity (Wildman–Crippen MR) is 117 cm³/mol. The van der Waals surface area contributed by atoms with Crippen molar-refractivity contribution in [3.05, 3.63) is 59.7 Å².